The quantitative estimate of drug-likeness (QED) is 0.348. The summed E-state index contributed by atoms with van der Waals surface area (Å²) in [7, 11) is 3.93. The van der Waals surface area contributed by atoms with Gasteiger partial charge in [0.15, 0.2) is 0 Å². The Labute approximate surface area is 113 Å². The molecule has 3 heteroatoms. The SMILES string of the molecule is C=CCCCCCCCCC(=O)NC(C)N(C)C. The lowest BCUT2D eigenvalue weighted by atomic mass is 10.1. The average molecular weight is 254 g/mol. The van der Waals surface area contributed by atoms with Gasteiger partial charge in [-0.05, 0) is 40.3 Å². The summed E-state index contributed by atoms with van der Waals surface area (Å²) in [5.74, 6) is 0.169. The lowest BCUT2D eigenvalue weighted by Gasteiger charge is -2.20. The number of hydrogen-bond donors (Lipinski definition) is 1. The van der Waals surface area contributed by atoms with Crippen molar-refractivity contribution in [2.24, 2.45) is 0 Å². The summed E-state index contributed by atoms with van der Waals surface area (Å²) in [6.45, 7) is 5.71. The molecule has 0 radical (unpaired) electrons. The van der Waals surface area contributed by atoms with Gasteiger partial charge in [-0.2, -0.15) is 0 Å². The summed E-state index contributed by atoms with van der Waals surface area (Å²) in [6.07, 6.45) is 11.1. The topological polar surface area (TPSA) is 32.3 Å². The molecule has 1 N–H and O–H groups in total. The van der Waals surface area contributed by atoms with E-state index in [1.54, 1.807) is 0 Å². The molecule has 0 spiro atoms. The van der Waals surface area contributed by atoms with Crippen molar-refractivity contribution in [3.63, 3.8) is 0 Å². The highest BCUT2D eigenvalue weighted by atomic mass is 16.1. The molecule has 0 bridgehead atoms. The maximum atomic E-state index is 11.6. The monoisotopic (exact) mass is 254 g/mol. The van der Waals surface area contributed by atoms with Crippen molar-refractivity contribution >= 4 is 5.91 Å². The van der Waals surface area contributed by atoms with Gasteiger partial charge in [0.2, 0.25) is 5.91 Å². The van der Waals surface area contributed by atoms with E-state index < -0.39 is 0 Å². The molecule has 0 aliphatic rings. The highest BCUT2D eigenvalue weighted by molar-refractivity contribution is 5.76. The second-order valence-corrected chi connectivity index (χ2v) is 5.16. The largest absolute Gasteiger partial charge is 0.341 e. The first-order valence-corrected chi connectivity index (χ1v) is 7.14. The van der Waals surface area contributed by atoms with E-state index in [0.29, 0.717) is 6.42 Å². The third kappa shape index (κ3) is 10.3. The molecule has 0 saturated heterocycles. The molecule has 0 rings (SSSR count). The zero-order valence-electron chi connectivity index (χ0n) is 12.4. The van der Waals surface area contributed by atoms with Crippen LogP contribution in [-0.2, 0) is 4.79 Å². The van der Waals surface area contributed by atoms with Crippen LogP contribution in [0.3, 0.4) is 0 Å². The molecule has 0 saturated carbocycles. The predicted molar refractivity (Wildman–Crippen MR) is 78.4 cm³/mol. The van der Waals surface area contributed by atoms with Crippen LogP contribution in [0.4, 0.5) is 0 Å². The summed E-state index contributed by atoms with van der Waals surface area (Å²) in [6, 6.07) is 0. The number of hydrogen-bond acceptors (Lipinski definition) is 2. The molecule has 1 unspecified atom stereocenters. The van der Waals surface area contributed by atoms with Crippen LogP contribution in [0.25, 0.3) is 0 Å². The Kier molecular flexibility index (Phi) is 10.8. The lowest BCUT2D eigenvalue weighted by molar-refractivity contribution is -0.122. The van der Waals surface area contributed by atoms with E-state index in [0.717, 1.165) is 19.3 Å². The third-order valence-electron chi connectivity index (χ3n) is 3.21. The zero-order valence-corrected chi connectivity index (χ0v) is 12.4. The van der Waals surface area contributed by atoms with Gasteiger partial charge in [0, 0.05) is 6.42 Å². The van der Waals surface area contributed by atoms with Gasteiger partial charge >= 0.3 is 0 Å². The average Bonchev–Trinajstić information content (AvgIpc) is 2.32. The summed E-state index contributed by atoms with van der Waals surface area (Å²) >= 11 is 0. The van der Waals surface area contributed by atoms with Crippen LogP contribution in [0.15, 0.2) is 12.7 Å². The van der Waals surface area contributed by atoms with Crippen molar-refractivity contribution in [1.82, 2.24) is 10.2 Å². The van der Waals surface area contributed by atoms with Crippen molar-refractivity contribution in [3.05, 3.63) is 12.7 Å². The number of amides is 1. The molecule has 0 aliphatic heterocycles. The van der Waals surface area contributed by atoms with Crippen molar-refractivity contribution in [3.8, 4) is 0 Å². The molecule has 0 aromatic carbocycles. The van der Waals surface area contributed by atoms with E-state index in [1.807, 2.05) is 32.0 Å². The van der Waals surface area contributed by atoms with Gasteiger partial charge in [-0.1, -0.05) is 31.8 Å². The first-order valence-electron chi connectivity index (χ1n) is 7.14. The molecular weight excluding hydrogens is 224 g/mol. The fourth-order valence-electron chi connectivity index (χ4n) is 1.72. The van der Waals surface area contributed by atoms with Crippen molar-refractivity contribution < 1.29 is 4.79 Å². The van der Waals surface area contributed by atoms with Crippen LogP contribution in [-0.4, -0.2) is 31.1 Å². The highest BCUT2D eigenvalue weighted by Crippen LogP contribution is 2.08. The van der Waals surface area contributed by atoms with Crippen molar-refractivity contribution in [2.75, 3.05) is 14.1 Å². The second-order valence-electron chi connectivity index (χ2n) is 5.16. The van der Waals surface area contributed by atoms with E-state index in [1.165, 1.54) is 25.7 Å². The minimum absolute atomic E-state index is 0.122. The van der Waals surface area contributed by atoms with E-state index in [4.69, 9.17) is 0 Å². The Balaban J connectivity index is 3.33. The van der Waals surface area contributed by atoms with Crippen LogP contribution in [0.2, 0.25) is 0 Å². The Morgan fingerprint density at radius 1 is 1.17 bits per heavy atom. The van der Waals surface area contributed by atoms with Crippen LogP contribution in [0.1, 0.15) is 58.3 Å². The van der Waals surface area contributed by atoms with Crippen LogP contribution >= 0.6 is 0 Å². The molecule has 0 aliphatic carbocycles. The normalized spacial score (nSPS) is 12.4. The van der Waals surface area contributed by atoms with E-state index in [9.17, 15) is 4.79 Å². The molecule has 3 nitrogen and oxygen atoms in total. The summed E-state index contributed by atoms with van der Waals surface area (Å²) in [5, 5.41) is 2.97. The molecule has 0 heterocycles. The Morgan fingerprint density at radius 3 is 2.28 bits per heavy atom. The van der Waals surface area contributed by atoms with Gasteiger partial charge in [0.05, 0.1) is 6.17 Å². The summed E-state index contributed by atoms with van der Waals surface area (Å²) < 4.78 is 0. The van der Waals surface area contributed by atoms with Gasteiger partial charge in [-0.25, -0.2) is 0 Å². The highest BCUT2D eigenvalue weighted by Gasteiger charge is 2.07. The fraction of sp³-hybridized carbons (Fsp3) is 0.800. The van der Waals surface area contributed by atoms with Gasteiger partial charge in [-0.15, -0.1) is 6.58 Å². The molecule has 106 valence electrons. The smallest absolute Gasteiger partial charge is 0.221 e. The van der Waals surface area contributed by atoms with Crippen LogP contribution in [0, 0.1) is 0 Å². The van der Waals surface area contributed by atoms with E-state index in [2.05, 4.69) is 11.9 Å². The first kappa shape index (κ1) is 17.2. The minimum atomic E-state index is 0.122. The van der Waals surface area contributed by atoms with E-state index >= 15 is 0 Å². The molecule has 0 fully saturated rings. The number of nitrogens with zero attached hydrogens (tertiary/aromatic N) is 1. The Bertz CT molecular complexity index is 227. The van der Waals surface area contributed by atoms with Gasteiger partial charge in [0.25, 0.3) is 0 Å². The summed E-state index contributed by atoms with van der Waals surface area (Å²) in [4.78, 5) is 13.6. The Hall–Kier alpha value is -0.830. The van der Waals surface area contributed by atoms with Gasteiger partial charge < -0.3 is 5.32 Å². The van der Waals surface area contributed by atoms with Gasteiger partial charge in [0.1, 0.15) is 0 Å². The number of nitrogens with one attached hydrogen (secondary N) is 1. The fourth-order valence-corrected chi connectivity index (χ4v) is 1.72. The predicted octanol–water partition coefficient (Wildman–Crippen LogP) is 3.32. The molecular formula is C15H30N2O. The minimum Gasteiger partial charge on any atom is -0.341 e. The number of allylic oxidation sites excluding steroid dienone is 1. The first-order chi connectivity index (χ1) is 8.57. The van der Waals surface area contributed by atoms with E-state index in [-0.39, 0.29) is 12.1 Å². The van der Waals surface area contributed by atoms with Crippen molar-refractivity contribution in [1.29, 1.82) is 0 Å². The van der Waals surface area contributed by atoms with Crippen molar-refractivity contribution in [2.45, 2.75) is 64.5 Å². The zero-order chi connectivity index (χ0) is 13.8. The number of unbranched alkanes of at least 4 members (excludes halogenated alkanes) is 6. The standard InChI is InChI=1S/C15H30N2O/c1-5-6-7-8-9-10-11-12-13-15(18)16-14(2)17(3)4/h5,14H,1,6-13H2,2-4H3,(H,16,18). The number of rotatable bonds is 11. The lowest BCUT2D eigenvalue weighted by Crippen LogP contribution is -2.42. The summed E-state index contributed by atoms with van der Waals surface area (Å²) in [5.41, 5.74) is 0. The van der Waals surface area contributed by atoms with Crippen LogP contribution < -0.4 is 5.32 Å². The molecule has 0 aromatic heterocycles. The maximum Gasteiger partial charge on any atom is 0.221 e. The van der Waals surface area contributed by atoms with Gasteiger partial charge in [-0.3, -0.25) is 9.69 Å². The molecule has 1 amide bonds. The van der Waals surface area contributed by atoms with Crippen LogP contribution in [0.5, 0.6) is 0 Å². The Morgan fingerprint density at radius 2 is 1.72 bits per heavy atom. The maximum absolute atomic E-state index is 11.6. The number of carbonyl (C=O) groups excluding carboxylic acids is 1. The third-order valence-corrected chi connectivity index (χ3v) is 3.21. The molecule has 1 atom stereocenters. The number of carbonyl (C=O) groups is 1. The molecule has 0 aromatic rings. The molecule has 18 heavy (non-hydrogen) atoms. The second kappa shape index (κ2) is 11.3.